The van der Waals surface area contributed by atoms with Crippen LogP contribution in [0.1, 0.15) is 144 Å². The monoisotopic (exact) mass is 1830 g/mol. The number of rotatable bonds is 37. The summed E-state index contributed by atoms with van der Waals surface area (Å²) in [5, 5.41) is 58.2. The number of primary amides is 2. The summed E-state index contributed by atoms with van der Waals surface area (Å²) >= 11 is 1.39. The van der Waals surface area contributed by atoms with Crippen molar-refractivity contribution in [1.29, 1.82) is 0 Å². The molecule has 0 aliphatic carbocycles. The van der Waals surface area contributed by atoms with E-state index in [1.807, 2.05) is 0 Å². The smallest absolute Gasteiger partial charge is 0.305 e. The van der Waals surface area contributed by atoms with Crippen molar-refractivity contribution in [1.82, 2.24) is 94.3 Å². The van der Waals surface area contributed by atoms with E-state index in [1.165, 1.54) is 63.8 Å². The number of aliphatic hydroxyl groups is 1. The van der Waals surface area contributed by atoms with Gasteiger partial charge in [0.15, 0.2) is 0 Å². The Balaban J connectivity index is 1.52. The minimum atomic E-state index is -2.05. The Bertz CT molecular complexity index is 4480. The number of unbranched alkanes of at least 4 members (excludes halogenated alkanes) is 1. The quantitative estimate of drug-likeness (QED) is 0.0160. The molecule has 0 saturated carbocycles. The van der Waals surface area contributed by atoms with Crippen LogP contribution in [0.2, 0.25) is 0 Å². The molecule has 24 N–H and O–H groups in total. The second-order valence-electron chi connectivity index (χ2n) is 32.9. The molecule has 16 atom stereocenters. The molecular weight excluding hydrogens is 1710 g/mol. The van der Waals surface area contributed by atoms with E-state index < -0.39 is 245 Å². The first-order valence-corrected chi connectivity index (χ1v) is 46.0. The van der Waals surface area contributed by atoms with Gasteiger partial charge in [0.05, 0.1) is 31.0 Å². The highest BCUT2D eigenvalue weighted by Gasteiger charge is 2.44. The van der Waals surface area contributed by atoms with Crippen molar-refractivity contribution >= 4 is 151 Å². The summed E-state index contributed by atoms with van der Waals surface area (Å²) in [5.41, 5.74) is 19.2. The number of aliphatic hydroxyl groups excluding tert-OH is 1. The van der Waals surface area contributed by atoms with Gasteiger partial charge in [0.1, 0.15) is 90.6 Å². The molecule has 127 heavy (non-hydrogen) atoms. The van der Waals surface area contributed by atoms with E-state index in [0.717, 1.165) is 28.5 Å². The number of aromatic nitrogens is 3. The highest BCUT2D eigenvalue weighted by molar-refractivity contribution is 8.76. The molecule has 2 aromatic heterocycles. The summed E-state index contributed by atoms with van der Waals surface area (Å²) in [6.45, 7) is 15.1. The molecule has 44 heteroatoms. The number of nitrogens with two attached hydrogens (primary N) is 3. The summed E-state index contributed by atoms with van der Waals surface area (Å²) in [4.78, 5) is 271. The van der Waals surface area contributed by atoms with Crippen LogP contribution >= 0.6 is 33.3 Å². The second kappa shape index (κ2) is 51.4. The van der Waals surface area contributed by atoms with Crippen LogP contribution in [-0.2, 0) is 106 Å². The largest absolute Gasteiger partial charge is 0.481 e. The Morgan fingerprint density at radius 3 is 1.79 bits per heavy atom. The molecule has 4 aromatic rings. The van der Waals surface area contributed by atoms with Crippen molar-refractivity contribution in [3.8, 4) is 0 Å². The SMILES string of the molecule is CSCC[C@H](NC(=O)[C@@H](NC(=O)[C@H](CCCCN)NC(=O)[C@@H]1CSSC[C@H](NC(=O)[C@@H](NC(=O)[C@H](CC(=O)O)NC(=O)[C@H](Cc2ccccc2)NC(C)=O)C(C)C)C(=O)N[C@@H](CC(N)=O)C(=O)N[C@@H](Cc2c[nH]c3ccccc23)C(=O)N[C@@H](C(C)C)C(=O)N[C@@H]([C@@H](C)O)C(=O)N[C@@H](CC(C)C)C(=O)N2CCC[C@H]2C(=O)N[C@@H](Cc2c[nH]cn2)C(=O)N1)C(C)C)C(N)=O. The number of amides is 17. The number of aromatic amines is 2. The number of carbonyl (C=O) groups excluding carboxylic acids is 17. The number of nitrogens with one attached hydrogen (secondary N) is 16. The highest BCUT2D eigenvalue weighted by atomic mass is 33.1. The molecule has 2 aromatic carbocycles. The standard InChI is InChI=1S/C83H123N21O20S3/c1-41(2)30-59-83(124)104-28-19-25-62(104)78(119)96-56(33-49-37-87-40-89-49)72(113)98-60(76(117)92-53(24-17-18-27-84)70(111)100-65(42(3)4)79(120)91-52(69(86)110)26-29-125-11)38-126-127-39-61(99-80(121)66(43(5)6)101-75(116)58(35-64(108)109)95-71(112)54(90-46(10)106)31-47-20-13-12-14-21-47)77(118)94-57(34-63(85)107)73(114)93-55(32-48-36-88-51-23-16-15-22-50(48)51)74(115)102-67(44(7)8)81(122)103-68(45(9)105)82(123)97-59/h12-16,20-23,36-37,40-45,52-62,65-68,88,105H,17-19,24-35,38-39,84H2,1-11H3,(H2,85,107)(H2,86,110)(H,87,89)(H,90,106)(H,91,120)(H,92,117)(H,93,114)(H,94,118)(H,95,112)(H,96,119)(H,97,123)(H,98,113)(H,99,121)(H,100,111)(H,101,116)(H,102,115)(H,103,122)(H,108,109)/t45-,52+,53+,54+,55+,56+,57+,58+,59+,60+,61+,62+,65+,66+,67+,68+/m1/s1. The zero-order valence-electron chi connectivity index (χ0n) is 73.1. The molecule has 0 radical (unpaired) electrons. The number of imidazole rings is 1. The Morgan fingerprint density at radius 1 is 0.598 bits per heavy atom. The fourth-order valence-electron chi connectivity index (χ4n) is 14.2. The van der Waals surface area contributed by atoms with Crippen molar-refractivity contribution in [2.45, 2.75) is 243 Å². The van der Waals surface area contributed by atoms with Crippen molar-refractivity contribution in [3.63, 3.8) is 0 Å². The molecule has 2 aliphatic rings. The summed E-state index contributed by atoms with van der Waals surface area (Å²) in [5.74, 6) is -22.3. The molecule has 0 unspecified atom stereocenters. The van der Waals surface area contributed by atoms with Gasteiger partial charge in [-0.3, -0.25) is 86.3 Å². The number of fused-ring (bicyclic) bond motifs is 2. The summed E-state index contributed by atoms with van der Waals surface area (Å²) in [7, 11) is 1.49. The number of carboxylic acids is 1. The minimum Gasteiger partial charge on any atom is -0.481 e. The van der Waals surface area contributed by atoms with Crippen LogP contribution in [0, 0.1) is 23.7 Å². The number of benzene rings is 2. The number of carbonyl (C=O) groups is 18. The maximum atomic E-state index is 15.4. The summed E-state index contributed by atoms with van der Waals surface area (Å²) in [6, 6.07) is -9.05. The Morgan fingerprint density at radius 2 is 1.18 bits per heavy atom. The average molecular weight is 1830 g/mol. The minimum absolute atomic E-state index is 0.0243. The van der Waals surface area contributed by atoms with Gasteiger partial charge in [0, 0.05) is 67.5 Å². The van der Waals surface area contributed by atoms with E-state index in [0.29, 0.717) is 34.2 Å². The van der Waals surface area contributed by atoms with Gasteiger partial charge in [0.25, 0.3) is 0 Å². The molecule has 4 heterocycles. The lowest BCUT2D eigenvalue weighted by atomic mass is 9.99. The van der Waals surface area contributed by atoms with Crippen LogP contribution in [0.4, 0.5) is 0 Å². The second-order valence-corrected chi connectivity index (χ2v) is 36.4. The molecule has 17 amide bonds. The van der Waals surface area contributed by atoms with Crippen LogP contribution in [-0.4, -0.2) is 270 Å². The molecule has 698 valence electrons. The van der Waals surface area contributed by atoms with Gasteiger partial charge in [-0.05, 0) is 111 Å². The fourth-order valence-corrected chi connectivity index (χ4v) is 17.0. The zero-order chi connectivity index (χ0) is 94.1. The first-order chi connectivity index (χ1) is 60.1. The molecule has 6 rings (SSSR count). The van der Waals surface area contributed by atoms with Crippen molar-refractivity contribution in [2.24, 2.45) is 40.9 Å². The molecule has 41 nitrogen and oxygen atoms in total. The van der Waals surface area contributed by atoms with Gasteiger partial charge in [-0.2, -0.15) is 11.8 Å². The maximum absolute atomic E-state index is 15.4. The number of H-pyrrole nitrogens is 2. The third-order valence-corrected chi connectivity index (χ3v) is 24.1. The Kier molecular flexibility index (Phi) is 42.3. The molecule has 0 spiro atoms. The van der Waals surface area contributed by atoms with Crippen molar-refractivity contribution < 1.29 is 96.5 Å². The van der Waals surface area contributed by atoms with Crippen LogP contribution in [0.15, 0.2) is 73.3 Å². The summed E-state index contributed by atoms with van der Waals surface area (Å²) < 4.78 is 0. The van der Waals surface area contributed by atoms with E-state index in [9.17, 15) is 58.2 Å². The van der Waals surface area contributed by atoms with Gasteiger partial charge in [-0.15, -0.1) is 0 Å². The number of aliphatic carboxylic acids is 1. The van der Waals surface area contributed by atoms with E-state index in [2.05, 4.69) is 89.4 Å². The van der Waals surface area contributed by atoms with E-state index >= 15 is 38.4 Å². The first-order valence-electron chi connectivity index (χ1n) is 42.1. The van der Waals surface area contributed by atoms with E-state index in [1.54, 1.807) is 94.7 Å². The number of thioether (sulfide) groups is 1. The summed E-state index contributed by atoms with van der Waals surface area (Å²) in [6.07, 6.45) is 2.16. The van der Waals surface area contributed by atoms with Gasteiger partial charge < -0.3 is 117 Å². The van der Waals surface area contributed by atoms with Gasteiger partial charge in [-0.25, -0.2) is 4.98 Å². The lowest BCUT2D eigenvalue weighted by Crippen LogP contribution is -2.63. The topological polar surface area (TPSA) is 642 Å². The third kappa shape index (κ3) is 33.1. The lowest BCUT2D eigenvalue weighted by molar-refractivity contribution is -0.143. The number of hydrogen-bond acceptors (Lipinski definition) is 24. The normalized spacial score (nSPS) is 21.6. The van der Waals surface area contributed by atoms with Crippen LogP contribution in [0.5, 0.6) is 0 Å². The molecule has 2 saturated heterocycles. The number of para-hydroxylation sites is 1. The first kappa shape index (κ1) is 104. The number of hydrogen-bond donors (Lipinski definition) is 21. The number of nitrogens with zero attached hydrogens (tertiary/aromatic N) is 2. The van der Waals surface area contributed by atoms with Crippen molar-refractivity contribution in [3.05, 3.63) is 90.1 Å². The fraction of sp³-hybridized carbons (Fsp3) is 0.578. The zero-order valence-corrected chi connectivity index (χ0v) is 75.5. The molecule has 2 fully saturated rings. The molecule has 0 bridgehead atoms. The maximum Gasteiger partial charge on any atom is 0.305 e. The Labute approximate surface area is 748 Å². The van der Waals surface area contributed by atoms with E-state index in [-0.39, 0.29) is 82.5 Å². The third-order valence-electron chi connectivity index (χ3n) is 21.0. The van der Waals surface area contributed by atoms with Crippen LogP contribution < -0.4 is 91.6 Å². The lowest BCUT2D eigenvalue weighted by Gasteiger charge is -2.32. The van der Waals surface area contributed by atoms with E-state index in [4.69, 9.17) is 17.2 Å². The molecular formula is C83H123N21O20S3. The van der Waals surface area contributed by atoms with Gasteiger partial charge >= 0.3 is 5.97 Å². The average Bonchev–Trinajstić information content (AvgIpc) is 1.72. The van der Waals surface area contributed by atoms with Gasteiger partial charge in [0.2, 0.25) is 100 Å². The molecule has 2 aliphatic heterocycles. The highest BCUT2D eigenvalue weighted by Crippen LogP contribution is 2.27. The van der Waals surface area contributed by atoms with Crippen LogP contribution in [0.3, 0.4) is 0 Å². The Hall–Kier alpha value is -11.4. The number of carboxylic acid groups (broad SMARTS) is 1. The predicted molar refractivity (Wildman–Crippen MR) is 474 cm³/mol. The van der Waals surface area contributed by atoms with Gasteiger partial charge in [-0.1, -0.05) is 126 Å². The predicted octanol–water partition coefficient (Wildman–Crippen LogP) is -2.78. The van der Waals surface area contributed by atoms with Crippen LogP contribution in [0.25, 0.3) is 10.9 Å². The van der Waals surface area contributed by atoms with Crippen molar-refractivity contribution in [2.75, 3.05) is 36.6 Å².